The van der Waals surface area contributed by atoms with Crippen molar-refractivity contribution in [1.82, 2.24) is 19.7 Å². The van der Waals surface area contributed by atoms with Crippen molar-refractivity contribution in [1.29, 1.82) is 0 Å². The number of thioether (sulfide) groups is 1. The molecular weight excluding hydrogens is 505 g/mol. The molecule has 1 N–H and O–H groups in total. The lowest BCUT2D eigenvalue weighted by atomic mass is 10.1. The van der Waals surface area contributed by atoms with Crippen LogP contribution in [0.3, 0.4) is 0 Å². The number of aromatic amines is 1. The molecule has 0 fully saturated rings. The quantitative estimate of drug-likeness (QED) is 0.299. The fourth-order valence-corrected chi connectivity index (χ4v) is 3.92. The van der Waals surface area contributed by atoms with Crippen LogP contribution in [0.15, 0.2) is 81.5 Å². The summed E-state index contributed by atoms with van der Waals surface area (Å²) in [5, 5.41) is 7.23. The van der Waals surface area contributed by atoms with Crippen molar-refractivity contribution in [2.75, 3.05) is 12.9 Å². The Hall–Kier alpha value is -2.59. The zero-order valence-electron chi connectivity index (χ0n) is 17.2. The van der Waals surface area contributed by atoms with Crippen LogP contribution in [0, 0.1) is 0 Å². The smallest absolute Gasteiger partial charge is 0.275 e. The van der Waals surface area contributed by atoms with Crippen molar-refractivity contribution in [2.45, 2.75) is 24.4 Å². The van der Waals surface area contributed by atoms with Gasteiger partial charge in [0.1, 0.15) is 6.20 Å². The topological polar surface area (TPSA) is 63.6 Å². The van der Waals surface area contributed by atoms with E-state index in [1.54, 1.807) is 6.07 Å². The summed E-state index contributed by atoms with van der Waals surface area (Å²) >= 11 is 5.03. The molecule has 0 aliphatic carbocycles. The van der Waals surface area contributed by atoms with E-state index in [2.05, 4.69) is 37.2 Å². The Morgan fingerprint density at radius 3 is 2.69 bits per heavy atom. The first kappa shape index (κ1) is 25.7. The normalized spacial score (nSPS) is 10.3. The molecule has 0 bridgehead atoms. The predicted molar refractivity (Wildman–Crippen MR) is 125 cm³/mol. The number of nitrogens with zero attached hydrogens (tertiary/aromatic N) is 3. The highest BCUT2D eigenvalue weighted by molar-refractivity contribution is 9.10. The molecule has 1 heterocycles. The van der Waals surface area contributed by atoms with Gasteiger partial charge in [0.25, 0.3) is 12.0 Å². The van der Waals surface area contributed by atoms with Crippen molar-refractivity contribution in [3.8, 4) is 5.69 Å². The van der Waals surface area contributed by atoms with Crippen LogP contribution >= 0.6 is 27.7 Å². The molecule has 2 aromatic carbocycles. The Labute approximate surface area is 196 Å². The van der Waals surface area contributed by atoms with Gasteiger partial charge in [0, 0.05) is 33.9 Å². The highest BCUT2D eigenvalue weighted by Crippen LogP contribution is 2.21. The number of alkyl halides is 3. The molecule has 0 radical (unpaired) electrons. The molecule has 0 aliphatic rings. The van der Waals surface area contributed by atoms with Crippen LogP contribution in [0.1, 0.15) is 24.0 Å². The fourth-order valence-electron chi connectivity index (χ4n) is 2.70. The number of rotatable bonds is 7. The third-order valence-electron chi connectivity index (χ3n) is 4.17. The molecule has 5 nitrogen and oxygen atoms in total. The zero-order chi connectivity index (χ0) is 23.3. The maximum Gasteiger partial charge on any atom is 0.275 e. The second-order valence-electron chi connectivity index (χ2n) is 6.25. The molecule has 0 amide bonds. The molecule has 170 valence electrons. The average molecular weight is 527 g/mol. The highest BCUT2D eigenvalue weighted by Gasteiger charge is 2.08. The first-order valence-electron chi connectivity index (χ1n) is 9.53. The lowest BCUT2D eigenvalue weighted by Crippen LogP contribution is -2.15. The standard InChI is InChI=1S/C21H19BrF2N4OS.CH3F/c22-18-9-2-1-5-15(18)7-4-12-30-21-25-10-11-28(19(29)14-26-27-21)17-8-3-6-16(13-17)20(23)24;1-2/h1-3,5-6,8-11,13-14,20H,4,7,12H2,(H,25,27);1H3. The van der Waals surface area contributed by atoms with Gasteiger partial charge in [-0.05, 0) is 36.6 Å². The van der Waals surface area contributed by atoms with E-state index >= 15 is 0 Å². The first-order chi connectivity index (χ1) is 15.5. The van der Waals surface area contributed by atoms with Gasteiger partial charge in [0.15, 0.2) is 5.16 Å². The molecule has 0 aliphatic heterocycles. The van der Waals surface area contributed by atoms with Crippen LogP contribution < -0.4 is 5.56 Å². The molecule has 1 aromatic heterocycles. The number of halogens is 4. The molecule has 3 aromatic rings. The van der Waals surface area contributed by atoms with Crippen molar-refractivity contribution in [3.63, 3.8) is 0 Å². The number of nitrogens with one attached hydrogen (secondary N) is 1. The number of aromatic nitrogens is 4. The van der Waals surface area contributed by atoms with E-state index in [0.717, 1.165) is 29.3 Å². The molecule has 0 unspecified atom stereocenters. The van der Waals surface area contributed by atoms with Gasteiger partial charge in [-0.1, -0.05) is 58.0 Å². The molecule has 10 heteroatoms. The molecular formula is C22H22BrF3N4OS. The van der Waals surface area contributed by atoms with Crippen LogP contribution in [0.5, 0.6) is 0 Å². The Morgan fingerprint density at radius 1 is 1.16 bits per heavy atom. The lowest BCUT2D eigenvalue weighted by Gasteiger charge is -2.05. The first-order valence-corrected chi connectivity index (χ1v) is 11.3. The van der Waals surface area contributed by atoms with Crippen LogP contribution in [-0.2, 0) is 6.42 Å². The summed E-state index contributed by atoms with van der Waals surface area (Å²) in [5.74, 6) is 0.810. The Balaban J connectivity index is 0.00000176. The van der Waals surface area contributed by atoms with Crippen molar-refractivity contribution < 1.29 is 13.2 Å². The third kappa shape index (κ3) is 7.83. The summed E-state index contributed by atoms with van der Waals surface area (Å²) in [4.78, 5) is 16.7. The average Bonchev–Trinajstić information content (AvgIpc) is 2.89. The molecule has 0 saturated heterocycles. The van der Waals surface area contributed by atoms with Gasteiger partial charge in [-0.3, -0.25) is 18.9 Å². The maximum atomic E-state index is 13.0. The van der Waals surface area contributed by atoms with E-state index in [9.17, 15) is 18.0 Å². The van der Waals surface area contributed by atoms with Gasteiger partial charge in [-0.2, -0.15) is 5.10 Å². The Morgan fingerprint density at radius 2 is 1.94 bits per heavy atom. The van der Waals surface area contributed by atoms with E-state index in [-0.39, 0.29) is 5.56 Å². The predicted octanol–water partition coefficient (Wildman–Crippen LogP) is 6.09. The zero-order valence-corrected chi connectivity index (χ0v) is 19.6. The third-order valence-corrected chi connectivity index (χ3v) is 5.90. The highest BCUT2D eigenvalue weighted by atomic mass is 79.9. The SMILES string of the molecule is CF.O=c1cn[nH]c(SCCCc2ccccc2Br)nccn1-c1cccc(C(F)F)c1. The lowest BCUT2D eigenvalue weighted by molar-refractivity contribution is 0.151. The second-order valence-corrected chi connectivity index (χ2v) is 8.19. The summed E-state index contributed by atoms with van der Waals surface area (Å²) in [6.07, 6.45) is 3.23. The van der Waals surface area contributed by atoms with Crippen molar-refractivity contribution in [3.05, 3.63) is 93.1 Å². The summed E-state index contributed by atoms with van der Waals surface area (Å²) in [5.41, 5.74) is 0.932. The number of hydrogen-bond donors (Lipinski definition) is 1. The summed E-state index contributed by atoms with van der Waals surface area (Å²) in [7, 11) is 0.500. The monoisotopic (exact) mass is 526 g/mol. The van der Waals surface area contributed by atoms with Gasteiger partial charge in [0.05, 0.1) is 7.18 Å². The van der Waals surface area contributed by atoms with Crippen molar-refractivity contribution >= 4 is 27.7 Å². The summed E-state index contributed by atoms with van der Waals surface area (Å²) < 4.78 is 37.7. The fraction of sp³-hybridized carbons (Fsp3) is 0.227. The number of hydrogen-bond acceptors (Lipinski definition) is 4. The van der Waals surface area contributed by atoms with E-state index < -0.39 is 12.0 Å². The number of aryl methyl sites for hydroxylation is 1. The van der Waals surface area contributed by atoms with Crippen LogP contribution in [-0.4, -0.2) is 32.7 Å². The summed E-state index contributed by atoms with van der Waals surface area (Å²) in [6.45, 7) is 0. The molecule has 32 heavy (non-hydrogen) atoms. The van der Waals surface area contributed by atoms with Gasteiger partial charge in [-0.25, -0.2) is 13.8 Å². The van der Waals surface area contributed by atoms with Gasteiger partial charge in [0.2, 0.25) is 0 Å². The summed E-state index contributed by atoms with van der Waals surface area (Å²) in [6, 6.07) is 13.7. The largest absolute Gasteiger partial charge is 0.281 e. The van der Waals surface area contributed by atoms with Crippen LogP contribution in [0.4, 0.5) is 13.2 Å². The minimum Gasteiger partial charge on any atom is -0.281 e. The number of benzene rings is 2. The van der Waals surface area contributed by atoms with Crippen LogP contribution in [0.25, 0.3) is 5.69 Å². The van der Waals surface area contributed by atoms with E-state index in [1.807, 2.05) is 18.2 Å². The molecule has 0 atom stereocenters. The van der Waals surface area contributed by atoms with E-state index in [0.29, 0.717) is 18.0 Å². The van der Waals surface area contributed by atoms with E-state index in [1.165, 1.54) is 52.5 Å². The Kier molecular flexibility index (Phi) is 11.0. The van der Waals surface area contributed by atoms with Gasteiger partial charge >= 0.3 is 0 Å². The second kappa shape index (κ2) is 13.7. The molecule has 0 saturated carbocycles. The molecule has 3 rings (SSSR count). The molecule has 0 spiro atoms. The maximum absolute atomic E-state index is 13.0. The van der Waals surface area contributed by atoms with Gasteiger partial charge < -0.3 is 0 Å². The van der Waals surface area contributed by atoms with Crippen LogP contribution in [0.2, 0.25) is 0 Å². The van der Waals surface area contributed by atoms with Crippen molar-refractivity contribution in [2.24, 2.45) is 0 Å². The van der Waals surface area contributed by atoms with E-state index in [4.69, 9.17) is 0 Å². The number of H-pyrrole nitrogens is 1. The van der Waals surface area contributed by atoms with Gasteiger partial charge in [-0.15, -0.1) is 0 Å². The Bertz CT molecular complexity index is 1110. The minimum atomic E-state index is -2.62. The minimum absolute atomic E-state index is 0.159.